The van der Waals surface area contributed by atoms with E-state index in [1.54, 1.807) is 0 Å². The zero-order valence-corrected chi connectivity index (χ0v) is 9.73. The first-order valence-electron chi connectivity index (χ1n) is 6.06. The van der Waals surface area contributed by atoms with Crippen molar-refractivity contribution < 1.29 is 18.9 Å². The van der Waals surface area contributed by atoms with Crippen molar-refractivity contribution in [3.8, 4) is 0 Å². The van der Waals surface area contributed by atoms with Gasteiger partial charge in [0.05, 0.1) is 39.6 Å². The summed E-state index contributed by atoms with van der Waals surface area (Å²) in [6.07, 6.45) is 0.887. The Morgan fingerprint density at radius 3 is 2.69 bits per heavy atom. The van der Waals surface area contributed by atoms with Gasteiger partial charge < -0.3 is 18.9 Å². The van der Waals surface area contributed by atoms with Gasteiger partial charge in [-0.1, -0.05) is 0 Å². The third-order valence-electron chi connectivity index (χ3n) is 2.81. The highest BCUT2D eigenvalue weighted by Gasteiger charge is 2.14. The molecule has 16 heavy (non-hydrogen) atoms. The Morgan fingerprint density at radius 2 is 1.94 bits per heavy atom. The van der Waals surface area contributed by atoms with Crippen molar-refractivity contribution in [2.45, 2.75) is 12.7 Å². The first kappa shape index (κ1) is 12.3. The SMILES string of the molecule is C(COC1COCCO1)CN1CCOCC1. The molecule has 0 aliphatic carbocycles. The van der Waals surface area contributed by atoms with Gasteiger partial charge in [-0.25, -0.2) is 0 Å². The zero-order chi connectivity index (χ0) is 11.1. The molecule has 0 bridgehead atoms. The fraction of sp³-hybridized carbons (Fsp3) is 1.00. The lowest BCUT2D eigenvalue weighted by Crippen LogP contribution is -2.37. The van der Waals surface area contributed by atoms with Crippen molar-refractivity contribution in [2.24, 2.45) is 0 Å². The van der Waals surface area contributed by atoms with Gasteiger partial charge in [-0.3, -0.25) is 4.90 Å². The molecule has 0 amide bonds. The van der Waals surface area contributed by atoms with Crippen LogP contribution in [0.4, 0.5) is 0 Å². The van der Waals surface area contributed by atoms with E-state index in [2.05, 4.69) is 4.90 Å². The molecule has 2 saturated heterocycles. The molecule has 5 heteroatoms. The van der Waals surface area contributed by atoms with Crippen LogP contribution in [0.2, 0.25) is 0 Å². The largest absolute Gasteiger partial charge is 0.379 e. The molecule has 1 atom stereocenters. The molecule has 94 valence electrons. The average molecular weight is 231 g/mol. The van der Waals surface area contributed by atoms with Crippen LogP contribution in [-0.4, -0.2) is 70.5 Å². The summed E-state index contributed by atoms with van der Waals surface area (Å²) in [6.45, 7) is 7.54. The Balaban J connectivity index is 1.47. The lowest BCUT2D eigenvalue weighted by molar-refractivity contribution is -0.211. The van der Waals surface area contributed by atoms with Gasteiger partial charge in [0.25, 0.3) is 0 Å². The smallest absolute Gasteiger partial charge is 0.180 e. The van der Waals surface area contributed by atoms with Crippen molar-refractivity contribution in [1.29, 1.82) is 0 Å². The summed E-state index contributed by atoms with van der Waals surface area (Å²) in [5, 5.41) is 0. The van der Waals surface area contributed by atoms with Crippen LogP contribution in [0.25, 0.3) is 0 Å². The molecule has 1 unspecified atom stereocenters. The lowest BCUT2D eigenvalue weighted by Gasteiger charge is -2.27. The topological polar surface area (TPSA) is 40.2 Å². The Labute approximate surface area is 96.6 Å². The monoisotopic (exact) mass is 231 g/mol. The first-order chi connectivity index (χ1) is 7.95. The standard InChI is InChI=1S/C11H21NO4/c1(2-12-3-6-13-7-4-12)5-15-11-10-14-8-9-16-11/h11H,1-10H2. The molecule has 0 N–H and O–H groups in total. The fourth-order valence-corrected chi connectivity index (χ4v) is 1.89. The second-order valence-electron chi connectivity index (χ2n) is 4.05. The van der Waals surface area contributed by atoms with Crippen LogP contribution < -0.4 is 0 Å². The highest BCUT2D eigenvalue weighted by atomic mass is 16.7. The second kappa shape index (κ2) is 7.19. The van der Waals surface area contributed by atoms with Crippen LogP contribution in [0.5, 0.6) is 0 Å². The minimum atomic E-state index is -0.154. The van der Waals surface area contributed by atoms with E-state index in [1.165, 1.54) is 0 Å². The van der Waals surface area contributed by atoms with Crippen molar-refractivity contribution in [3.63, 3.8) is 0 Å². The van der Waals surface area contributed by atoms with Crippen LogP contribution in [0.1, 0.15) is 6.42 Å². The van der Waals surface area contributed by atoms with Crippen LogP contribution >= 0.6 is 0 Å². The molecule has 0 aromatic rings. The zero-order valence-electron chi connectivity index (χ0n) is 9.73. The van der Waals surface area contributed by atoms with Gasteiger partial charge in [0.1, 0.15) is 0 Å². The molecular formula is C11H21NO4. The number of nitrogens with zero attached hydrogens (tertiary/aromatic N) is 1. The molecule has 2 heterocycles. The normalized spacial score (nSPS) is 28.1. The second-order valence-corrected chi connectivity index (χ2v) is 4.05. The maximum absolute atomic E-state index is 5.57. The molecule has 0 spiro atoms. The van der Waals surface area contributed by atoms with Crippen molar-refractivity contribution in [2.75, 3.05) is 59.3 Å². The number of ether oxygens (including phenoxy) is 4. The van der Waals surface area contributed by atoms with Gasteiger partial charge in [0.15, 0.2) is 6.29 Å². The van der Waals surface area contributed by atoms with E-state index in [0.717, 1.165) is 45.9 Å². The Bertz CT molecular complexity index is 159. The number of hydrogen-bond donors (Lipinski definition) is 0. The number of hydrogen-bond acceptors (Lipinski definition) is 5. The summed E-state index contributed by atoms with van der Waals surface area (Å²) in [6, 6.07) is 0. The molecular weight excluding hydrogens is 210 g/mol. The average Bonchev–Trinajstić information content (AvgIpc) is 2.37. The Hall–Kier alpha value is -0.200. The number of rotatable bonds is 5. The van der Waals surface area contributed by atoms with Crippen LogP contribution in [0.15, 0.2) is 0 Å². The van der Waals surface area contributed by atoms with E-state index in [0.29, 0.717) is 19.8 Å². The quantitative estimate of drug-likeness (QED) is 0.628. The molecule has 2 aliphatic heterocycles. The predicted molar refractivity (Wildman–Crippen MR) is 58.4 cm³/mol. The summed E-state index contributed by atoms with van der Waals surface area (Å²) in [5.74, 6) is 0. The van der Waals surface area contributed by atoms with Crippen LogP contribution in [0, 0.1) is 0 Å². The minimum absolute atomic E-state index is 0.154. The summed E-state index contributed by atoms with van der Waals surface area (Å²) >= 11 is 0. The molecule has 0 aromatic carbocycles. The van der Waals surface area contributed by atoms with E-state index in [-0.39, 0.29) is 6.29 Å². The summed E-state index contributed by atoms with van der Waals surface area (Å²) in [4.78, 5) is 2.41. The van der Waals surface area contributed by atoms with E-state index in [4.69, 9.17) is 18.9 Å². The van der Waals surface area contributed by atoms with Gasteiger partial charge in [-0.15, -0.1) is 0 Å². The highest BCUT2D eigenvalue weighted by Crippen LogP contribution is 2.04. The minimum Gasteiger partial charge on any atom is -0.379 e. The summed E-state index contributed by atoms with van der Waals surface area (Å²) in [7, 11) is 0. The van der Waals surface area contributed by atoms with E-state index >= 15 is 0 Å². The lowest BCUT2D eigenvalue weighted by atomic mass is 10.3. The number of morpholine rings is 1. The van der Waals surface area contributed by atoms with E-state index in [9.17, 15) is 0 Å². The molecule has 0 aromatic heterocycles. The molecule has 5 nitrogen and oxygen atoms in total. The van der Waals surface area contributed by atoms with Crippen molar-refractivity contribution >= 4 is 0 Å². The van der Waals surface area contributed by atoms with Gasteiger partial charge in [0.2, 0.25) is 0 Å². The Kier molecular flexibility index (Phi) is 5.51. The molecule has 0 saturated carbocycles. The Morgan fingerprint density at radius 1 is 1.06 bits per heavy atom. The van der Waals surface area contributed by atoms with Crippen molar-refractivity contribution in [1.82, 2.24) is 4.90 Å². The van der Waals surface area contributed by atoms with Gasteiger partial charge in [-0.2, -0.15) is 0 Å². The van der Waals surface area contributed by atoms with Gasteiger partial charge in [-0.05, 0) is 6.42 Å². The maximum atomic E-state index is 5.57. The van der Waals surface area contributed by atoms with E-state index in [1.807, 2.05) is 0 Å². The molecule has 2 rings (SSSR count). The molecule has 2 aliphatic rings. The van der Waals surface area contributed by atoms with Crippen LogP contribution in [-0.2, 0) is 18.9 Å². The van der Waals surface area contributed by atoms with Gasteiger partial charge in [0, 0.05) is 19.6 Å². The highest BCUT2D eigenvalue weighted by molar-refractivity contribution is 4.61. The maximum Gasteiger partial charge on any atom is 0.180 e. The fourth-order valence-electron chi connectivity index (χ4n) is 1.89. The van der Waals surface area contributed by atoms with E-state index < -0.39 is 0 Å². The molecule has 2 fully saturated rings. The summed E-state index contributed by atoms with van der Waals surface area (Å²) in [5.41, 5.74) is 0. The van der Waals surface area contributed by atoms with Crippen LogP contribution in [0.3, 0.4) is 0 Å². The predicted octanol–water partition coefficient (Wildman–Crippen LogP) is 0.0982. The van der Waals surface area contributed by atoms with Gasteiger partial charge >= 0.3 is 0 Å². The third kappa shape index (κ3) is 4.35. The van der Waals surface area contributed by atoms with Crippen molar-refractivity contribution in [3.05, 3.63) is 0 Å². The summed E-state index contributed by atoms with van der Waals surface area (Å²) < 4.78 is 21.5. The first-order valence-corrected chi connectivity index (χ1v) is 6.06. The molecule has 0 radical (unpaired) electrons. The third-order valence-corrected chi connectivity index (χ3v) is 2.81.